The highest BCUT2D eigenvalue weighted by Gasteiger charge is 2.05. The Labute approximate surface area is 94.0 Å². The first-order chi connectivity index (χ1) is 7.25. The Morgan fingerprint density at radius 1 is 1.20 bits per heavy atom. The average Bonchev–Trinajstić information content (AvgIpc) is 2.71. The third kappa shape index (κ3) is 2.73. The van der Waals surface area contributed by atoms with Crippen LogP contribution in [0.5, 0.6) is 0 Å². The molecular weight excluding hydrogens is 231 g/mol. The lowest BCUT2D eigenvalue weighted by Crippen LogP contribution is -1.95. The van der Waals surface area contributed by atoms with Crippen molar-refractivity contribution in [3.8, 4) is 0 Å². The van der Waals surface area contributed by atoms with Crippen molar-refractivity contribution in [2.75, 3.05) is 0 Å². The Hall–Kier alpha value is -1.00. The minimum absolute atomic E-state index is 0.300. The molecule has 2 rings (SSSR count). The molecule has 1 aromatic heterocycles. The van der Waals surface area contributed by atoms with E-state index in [4.69, 9.17) is 0 Å². The molecule has 0 N–H and O–H groups in total. The van der Waals surface area contributed by atoms with Crippen LogP contribution in [0.15, 0.2) is 46.0 Å². The van der Waals surface area contributed by atoms with Crippen molar-refractivity contribution in [3.63, 3.8) is 0 Å². The predicted molar refractivity (Wildman–Crippen MR) is 60.8 cm³/mol. The average molecular weight is 240 g/mol. The van der Waals surface area contributed by atoms with Gasteiger partial charge in [0, 0.05) is 4.90 Å². The van der Waals surface area contributed by atoms with Crippen LogP contribution in [0.4, 0.5) is 4.39 Å². The van der Waals surface area contributed by atoms with Gasteiger partial charge in [-0.3, -0.25) is 4.21 Å². The number of rotatable bonds is 3. The zero-order chi connectivity index (χ0) is 10.7. The van der Waals surface area contributed by atoms with Crippen LogP contribution in [0, 0.1) is 5.82 Å². The monoisotopic (exact) mass is 240 g/mol. The molecule has 0 spiro atoms. The van der Waals surface area contributed by atoms with Crippen molar-refractivity contribution in [2.24, 2.45) is 0 Å². The molecule has 2 aromatic rings. The smallest absolute Gasteiger partial charge is 0.123 e. The molecule has 0 radical (unpaired) electrons. The summed E-state index contributed by atoms with van der Waals surface area (Å²) >= 11 is 1.58. The highest BCUT2D eigenvalue weighted by atomic mass is 32.2. The standard InChI is InChI=1S/C11H9FOS2/c12-10-1-3-11(4-2-10)15(13)8-9-5-6-14-7-9/h1-7H,8H2. The molecule has 78 valence electrons. The molecule has 1 heterocycles. The maximum Gasteiger partial charge on any atom is 0.123 e. The van der Waals surface area contributed by atoms with Crippen LogP contribution in [0.3, 0.4) is 0 Å². The van der Waals surface area contributed by atoms with Crippen LogP contribution >= 0.6 is 11.3 Å². The SMILES string of the molecule is O=S(Cc1ccsc1)c1ccc(F)cc1. The van der Waals surface area contributed by atoms with Crippen molar-refractivity contribution in [1.82, 2.24) is 0 Å². The molecular formula is C11H9FOS2. The maximum absolute atomic E-state index is 12.6. The summed E-state index contributed by atoms with van der Waals surface area (Å²) in [5, 5.41) is 3.93. The van der Waals surface area contributed by atoms with Gasteiger partial charge in [0.05, 0.1) is 16.6 Å². The van der Waals surface area contributed by atoms with Gasteiger partial charge in [0.15, 0.2) is 0 Å². The fourth-order valence-corrected chi connectivity index (χ4v) is 3.06. The molecule has 0 aliphatic carbocycles. The van der Waals surface area contributed by atoms with Crippen LogP contribution in [0.1, 0.15) is 5.56 Å². The van der Waals surface area contributed by atoms with Gasteiger partial charge in [-0.05, 0) is 46.7 Å². The first-order valence-electron chi connectivity index (χ1n) is 4.41. The van der Waals surface area contributed by atoms with Gasteiger partial charge >= 0.3 is 0 Å². The fourth-order valence-electron chi connectivity index (χ4n) is 1.20. The van der Waals surface area contributed by atoms with Crippen LogP contribution in [0.2, 0.25) is 0 Å². The minimum atomic E-state index is -1.08. The number of benzene rings is 1. The first kappa shape index (κ1) is 10.5. The Bertz CT molecular complexity index is 448. The normalized spacial score (nSPS) is 12.6. The van der Waals surface area contributed by atoms with Gasteiger partial charge in [0.1, 0.15) is 5.82 Å². The molecule has 15 heavy (non-hydrogen) atoms. The fraction of sp³-hybridized carbons (Fsp3) is 0.0909. The summed E-state index contributed by atoms with van der Waals surface area (Å²) in [5.74, 6) is 0.195. The summed E-state index contributed by atoms with van der Waals surface area (Å²) in [7, 11) is -1.08. The third-order valence-corrected chi connectivity index (χ3v) is 4.08. The molecule has 1 aromatic carbocycles. The molecule has 4 heteroatoms. The zero-order valence-corrected chi connectivity index (χ0v) is 9.48. The maximum atomic E-state index is 12.6. The third-order valence-electron chi connectivity index (χ3n) is 1.95. The lowest BCUT2D eigenvalue weighted by atomic mass is 10.3. The van der Waals surface area contributed by atoms with E-state index in [9.17, 15) is 8.60 Å². The predicted octanol–water partition coefficient (Wildman–Crippen LogP) is 3.20. The van der Waals surface area contributed by atoms with Gasteiger partial charge in [-0.2, -0.15) is 11.3 Å². The van der Waals surface area contributed by atoms with Crippen LogP contribution in [0.25, 0.3) is 0 Å². The molecule has 1 atom stereocenters. The van der Waals surface area contributed by atoms with Gasteiger partial charge in [-0.25, -0.2) is 4.39 Å². The number of hydrogen-bond donors (Lipinski definition) is 0. The summed E-state index contributed by atoms with van der Waals surface area (Å²) in [6, 6.07) is 7.75. The van der Waals surface area contributed by atoms with Crippen LogP contribution in [-0.4, -0.2) is 4.21 Å². The number of halogens is 1. The van der Waals surface area contributed by atoms with Gasteiger partial charge in [0.2, 0.25) is 0 Å². The topological polar surface area (TPSA) is 17.1 Å². The van der Waals surface area contributed by atoms with Crippen molar-refractivity contribution in [1.29, 1.82) is 0 Å². The Morgan fingerprint density at radius 3 is 2.53 bits per heavy atom. The summed E-state index contributed by atoms with van der Waals surface area (Å²) in [5.41, 5.74) is 1.06. The van der Waals surface area contributed by atoms with E-state index in [0.717, 1.165) is 5.56 Å². The highest BCUT2D eigenvalue weighted by Crippen LogP contribution is 2.14. The summed E-state index contributed by atoms with van der Waals surface area (Å²) in [6.45, 7) is 0. The van der Waals surface area contributed by atoms with E-state index in [1.54, 1.807) is 23.5 Å². The quantitative estimate of drug-likeness (QED) is 0.805. The molecule has 1 nitrogen and oxygen atoms in total. The first-order valence-corrected chi connectivity index (χ1v) is 6.67. The van der Waals surface area contributed by atoms with Gasteiger partial charge < -0.3 is 0 Å². The van der Waals surface area contributed by atoms with Crippen molar-refractivity contribution >= 4 is 22.1 Å². The number of hydrogen-bond acceptors (Lipinski definition) is 2. The van der Waals surface area contributed by atoms with E-state index in [1.807, 2.05) is 16.8 Å². The Balaban J connectivity index is 2.11. The second kappa shape index (κ2) is 4.68. The zero-order valence-electron chi connectivity index (χ0n) is 7.85. The molecule has 0 bridgehead atoms. The van der Waals surface area contributed by atoms with E-state index in [2.05, 4.69) is 0 Å². The molecule has 0 saturated carbocycles. The Morgan fingerprint density at radius 2 is 1.93 bits per heavy atom. The molecule has 0 saturated heterocycles. The highest BCUT2D eigenvalue weighted by molar-refractivity contribution is 7.84. The molecule has 0 amide bonds. The molecule has 0 fully saturated rings. The minimum Gasteiger partial charge on any atom is -0.254 e. The second-order valence-electron chi connectivity index (χ2n) is 3.08. The van der Waals surface area contributed by atoms with Crippen molar-refractivity contribution in [3.05, 3.63) is 52.5 Å². The van der Waals surface area contributed by atoms with E-state index in [-0.39, 0.29) is 5.82 Å². The van der Waals surface area contributed by atoms with Gasteiger partial charge in [-0.1, -0.05) is 0 Å². The van der Waals surface area contributed by atoms with Gasteiger partial charge in [0.25, 0.3) is 0 Å². The second-order valence-corrected chi connectivity index (χ2v) is 5.31. The van der Waals surface area contributed by atoms with Crippen molar-refractivity contribution < 1.29 is 8.60 Å². The van der Waals surface area contributed by atoms with Gasteiger partial charge in [-0.15, -0.1) is 0 Å². The summed E-state index contributed by atoms with van der Waals surface area (Å²) in [4.78, 5) is 0.669. The molecule has 0 aliphatic rings. The molecule has 1 unspecified atom stereocenters. The van der Waals surface area contributed by atoms with E-state index < -0.39 is 10.8 Å². The molecule has 0 aliphatic heterocycles. The van der Waals surface area contributed by atoms with Crippen LogP contribution in [-0.2, 0) is 16.6 Å². The summed E-state index contributed by atoms with van der Waals surface area (Å²) in [6.07, 6.45) is 0. The van der Waals surface area contributed by atoms with Crippen LogP contribution < -0.4 is 0 Å². The lowest BCUT2D eigenvalue weighted by Gasteiger charge is -2.00. The van der Waals surface area contributed by atoms with Crippen molar-refractivity contribution in [2.45, 2.75) is 10.6 Å². The van der Waals surface area contributed by atoms with E-state index >= 15 is 0 Å². The van der Waals surface area contributed by atoms with E-state index in [1.165, 1.54) is 12.1 Å². The number of thiophene rings is 1. The van der Waals surface area contributed by atoms with E-state index in [0.29, 0.717) is 10.6 Å². The lowest BCUT2D eigenvalue weighted by molar-refractivity contribution is 0.626. The summed E-state index contributed by atoms with van der Waals surface area (Å²) < 4.78 is 24.4. The largest absolute Gasteiger partial charge is 0.254 e. The Kier molecular flexibility index (Phi) is 3.28.